The highest BCUT2D eigenvalue weighted by Crippen LogP contribution is 2.16. The number of anilines is 1. The van der Waals surface area contributed by atoms with E-state index in [9.17, 15) is 0 Å². The van der Waals surface area contributed by atoms with Gasteiger partial charge in [-0.05, 0) is 30.0 Å². The van der Waals surface area contributed by atoms with Crippen LogP contribution in [0.3, 0.4) is 0 Å². The summed E-state index contributed by atoms with van der Waals surface area (Å²) in [6.07, 6.45) is 8.26. The summed E-state index contributed by atoms with van der Waals surface area (Å²) < 4.78 is 2.00. The number of hydrogen-bond acceptors (Lipinski definition) is 3. The molecule has 0 saturated heterocycles. The van der Waals surface area contributed by atoms with Crippen LogP contribution < -0.4 is 10.6 Å². The fourth-order valence-corrected chi connectivity index (χ4v) is 2.11. The number of aromatic nitrogens is 2. The molecular weight excluding hydrogens is 288 g/mol. The largest absolute Gasteiger partial charge is 0.337 e. The van der Waals surface area contributed by atoms with Gasteiger partial charge in [0.2, 0.25) is 5.96 Å². The SMILES string of the molecule is CC(C)c1ccc(NC(=NCCCn2ccnc2)NC#N)cc1. The molecule has 6 heteroatoms. The number of nitrogens with zero attached hydrogens (tertiary/aromatic N) is 4. The van der Waals surface area contributed by atoms with Crippen LogP contribution in [0, 0.1) is 11.5 Å². The van der Waals surface area contributed by atoms with Crippen LogP contribution in [0.15, 0.2) is 48.0 Å². The highest BCUT2D eigenvalue weighted by molar-refractivity contribution is 5.94. The van der Waals surface area contributed by atoms with Crippen LogP contribution in [0.1, 0.15) is 31.7 Å². The Kier molecular flexibility index (Phi) is 6.18. The average Bonchev–Trinajstić information content (AvgIpc) is 3.05. The topological polar surface area (TPSA) is 78.0 Å². The highest BCUT2D eigenvalue weighted by Gasteiger charge is 2.02. The summed E-state index contributed by atoms with van der Waals surface area (Å²) in [5.41, 5.74) is 2.19. The molecule has 23 heavy (non-hydrogen) atoms. The zero-order valence-corrected chi connectivity index (χ0v) is 13.5. The third kappa shape index (κ3) is 5.47. The van der Waals surface area contributed by atoms with Gasteiger partial charge in [0.1, 0.15) is 0 Å². The Hall–Kier alpha value is -2.81. The number of nitriles is 1. The Labute approximate surface area is 136 Å². The van der Waals surface area contributed by atoms with Crippen LogP contribution in [-0.4, -0.2) is 22.1 Å². The minimum atomic E-state index is 0.468. The fourth-order valence-electron chi connectivity index (χ4n) is 2.11. The molecule has 0 aliphatic rings. The van der Waals surface area contributed by atoms with Crippen molar-refractivity contribution in [3.63, 3.8) is 0 Å². The number of aliphatic imine (C=N–C) groups is 1. The number of hydrogen-bond donors (Lipinski definition) is 2. The van der Waals surface area contributed by atoms with Crippen molar-refractivity contribution in [2.24, 2.45) is 4.99 Å². The van der Waals surface area contributed by atoms with Gasteiger partial charge in [-0.2, -0.15) is 5.26 Å². The Morgan fingerprint density at radius 3 is 2.74 bits per heavy atom. The average molecular weight is 310 g/mol. The Morgan fingerprint density at radius 2 is 2.13 bits per heavy atom. The minimum absolute atomic E-state index is 0.468. The lowest BCUT2D eigenvalue weighted by molar-refractivity contribution is 0.650. The van der Waals surface area contributed by atoms with Gasteiger partial charge in [0.25, 0.3) is 0 Å². The summed E-state index contributed by atoms with van der Waals surface area (Å²) >= 11 is 0. The first-order chi connectivity index (χ1) is 11.2. The molecule has 2 rings (SSSR count). The van der Waals surface area contributed by atoms with Crippen molar-refractivity contribution < 1.29 is 0 Å². The van der Waals surface area contributed by atoms with Gasteiger partial charge >= 0.3 is 0 Å². The van der Waals surface area contributed by atoms with E-state index in [0.717, 1.165) is 18.7 Å². The maximum absolute atomic E-state index is 8.84. The molecule has 0 saturated carbocycles. The molecular formula is C17H22N6. The number of nitrogens with one attached hydrogen (secondary N) is 2. The lowest BCUT2D eigenvalue weighted by atomic mass is 10.0. The molecule has 6 nitrogen and oxygen atoms in total. The third-order valence-corrected chi connectivity index (χ3v) is 3.42. The van der Waals surface area contributed by atoms with Crippen LogP contribution in [0.2, 0.25) is 0 Å². The molecule has 0 bridgehead atoms. The molecule has 0 aliphatic heterocycles. The van der Waals surface area contributed by atoms with Crippen molar-refractivity contribution in [1.82, 2.24) is 14.9 Å². The quantitative estimate of drug-likeness (QED) is 0.283. The molecule has 120 valence electrons. The summed E-state index contributed by atoms with van der Waals surface area (Å²) in [5, 5.41) is 14.6. The zero-order valence-electron chi connectivity index (χ0n) is 13.5. The Balaban J connectivity index is 1.89. The molecule has 0 fully saturated rings. The maximum Gasteiger partial charge on any atom is 0.209 e. The zero-order chi connectivity index (χ0) is 16.5. The highest BCUT2D eigenvalue weighted by atomic mass is 15.2. The summed E-state index contributed by atoms with van der Waals surface area (Å²) in [7, 11) is 0. The first kappa shape index (κ1) is 16.6. The van der Waals surface area contributed by atoms with Crippen molar-refractivity contribution in [2.75, 3.05) is 11.9 Å². The van der Waals surface area contributed by atoms with Gasteiger partial charge in [-0.15, -0.1) is 0 Å². The van der Waals surface area contributed by atoms with Crippen LogP contribution in [-0.2, 0) is 6.54 Å². The van der Waals surface area contributed by atoms with Gasteiger partial charge in [0, 0.05) is 31.2 Å². The number of guanidine groups is 1. The van der Waals surface area contributed by atoms with E-state index in [1.165, 1.54) is 5.56 Å². The first-order valence-electron chi connectivity index (χ1n) is 7.71. The maximum atomic E-state index is 8.84. The van der Waals surface area contributed by atoms with Crippen molar-refractivity contribution in [2.45, 2.75) is 32.7 Å². The molecule has 0 atom stereocenters. The van der Waals surface area contributed by atoms with Crippen LogP contribution >= 0.6 is 0 Å². The predicted molar refractivity (Wildman–Crippen MR) is 92.0 cm³/mol. The van der Waals surface area contributed by atoms with E-state index < -0.39 is 0 Å². The third-order valence-electron chi connectivity index (χ3n) is 3.42. The molecule has 2 aromatic rings. The number of benzene rings is 1. The molecule has 0 aliphatic carbocycles. The van der Waals surface area contributed by atoms with Gasteiger partial charge < -0.3 is 9.88 Å². The van der Waals surface area contributed by atoms with Crippen LogP contribution in [0.4, 0.5) is 5.69 Å². The van der Waals surface area contributed by atoms with E-state index in [2.05, 4.69) is 46.6 Å². The molecule has 0 amide bonds. The summed E-state index contributed by atoms with van der Waals surface area (Å²) in [6, 6.07) is 8.15. The molecule has 2 N–H and O–H groups in total. The smallest absolute Gasteiger partial charge is 0.209 e. The van der Waals surface area contributed by atoms with E-state index in [1.807, 2.05) is 29.1 Å². The van der Waals surface area contributed by atoms with E-state index in [-0.39, 0.29) is 0 Å². The van der Waals surface area contributed by atoms with Crippen LogP contribution in [0.5, 0.6) is 0 Å². The van der Waals surface area contributed by atoms with Gasteiger partial charge in [-0.1, -0.05) is 26.0 Å². The molecule has 1 aromatic carbocycles. The number of rotatable bonds is 6. The Bertz CT molecular complexity index is 649. The summed E-state index contributed by atoms with van der Waals surface area (Å²) in [5.74, 6) is 0.966. The van der Waals surface area contributed by atoms with E-state index in [4.69, 9.17) is 5.26 Å². The van der Waals surface area contributed by atoms with Crippen molar-refractivity contribution in [3.8, 4) is 6.19 Å². The van der Waals surface area contributed by atoms with Crippen molar-refractivity contribution in [1.29, 1.82) is 5.26 Å². The van der Waals surface area contributed by atoms with E-state index >= 15 is 0 Å². The predicted octanol–water partition coefficient (Wildman–Crippen LogP) is 2.94. The van der Waals surface area contributed by atoms with E-state index in [0.29, 0.717) is 18.4 Å². The van der Waals surface area contributed by atoms with Crippen LogP contribution in [0.25, 0.3) is 0 Å². The molecule has 1 aromatic heterocycles. The molecule has 0 radical (unpaired) electrons. The lowest BCUT2D eigenvalue weighted by Crippen LogP contribution is -2.27. The summed E-state index contributed by atoms with van der Waals surface area (Å²) in [6.45, 7) is 5.80. The second-order valence-electron chi connectivity index (χ2n) is 5.52. The molecule has 0 spiro atoms. The van der Waals surface area contributed by atoms with Gasteiger partial charge in [-0.25, -0.2) is 4.98 Å². The van der Waals surface area contributed by atoms with E-state index in [1.54, 1.807) is 12.5 Å². The first-order valence-corrected chi connectivity index (χ1v) is 7.71. The Morgan fingerprint density at radius 1 is 1.35 bits per heavy atom. The number of aryl methyl sites for hydroxylation is 1. The van der Waals surface area contributed by atoms with Gasteiger partial charge in [0.05, 0.1) is 6.33 Å². The molecule has 1 heterocycles. The summed E-state index contributed by atoms with van der Waals surface area (Å²) in [4.78, 5) is 8.40. The fraction of sp³-hybridized carbons (Fsp3) is 0.353. The van der Waals surface area contributed by atoms with Gasteiger partial charge in [-0.3, -0.25) is 10.3 Å². The van der Waals surface area contributed by atoms with Gasteiger partial charge in [0.15, 0.2) is 6.19 Å². The monoisotopic (exact) mass is 310 g/mol. The van der Waals surface area contributed by atoms with Crippen molar-refractivity contribution in [3.05, 3.63) is 48.5 Å². The minimum Gasteiger partial charge on any atom is -0.337 e. The van der Waals surface area contributed by atoms with Crippen molar-refractivity contribution >= 4 is 11.6 Å². The lowest BCUT2D eigenvalue weighted by Gasteiger charge is -2.10. The number of imidazole rings is 1. The standard InChI is InChI=1S/C17H22N6/c1-14(2)15-4-6-16(7-5-15)22-17(21-12-18)20-8-3-10-23-11-9-19-13-23/h4-7,9,11,13-14H,3,8,10H2,1-2H3,(H2,20,21,22). The second kappa shape index (κ2) is 8.59. The normalized spacial score (nSPS) is 11.3. The second-order valence-corrected chi connectivity index (χ2v) is 5.52. The molecule has 0 unspecified atom stereocenters.